The molecule has 0 N–H and O–H groups in total. The normalized spacial score (nSPS) is 19.4. The zero-order valence-corrected chi connectivity index (χ0v) is 10.9. The number of benzene rings is 1. The fraction of sp³-hybridized carbons (Fsp3) is 0.400. The maximum Gasteiger partial charge on any atom is 0.246 e. The van der Waals surface area contributed by atoms with Gasteiger partial charge in [-0.1, -0.05) is 18.2 Å². The van der Waals surface area contributed by atoms with Gasteiger partial charge in [-0.3, -0.25) is 4.79 Å². The lowest BCUT2D eigenvalue weighted by Gasteiger charge is -2.24. The molecule has 1 saturated heterocycles. The predicted octanol–water partition coefficient (Wildman–Crippen LogP) is 2.93. The van der Waals surface area contributed by atoms with Crippen LogP contribution in [0.15, 0.2) is 36.4 Å². The van der Waals surface area contributed by atoms with Gasteiger partial charge in [-0.2, -0.15) is 0 Å². The topological polar surface area (TPSA) is 29.5 Å². The number of allylic oxidation sites excluding steroid dienone is 1. The van der Waals surface area contributed by atoms with Crippen molar-refractivity contribution in [2.24, 2.45) is 0 Å². The van der Waals surface area contributed by atoms with E-state index in [9.17, 15) is 4.79 Å². The fourth-order valence-corrected chi connectivity index (χ4v) is 2.44. The minimum absolute atomic E-state index is 0.107. The largest absolute Gasteiger partial charge is 0.497 e. The lowest BCUT2D eigenvalue weighted by atomic mass is 10.0. The van der Waals surface area contributed by atoms with Crippen molar-refractivity contribution in [3.8, 4) is 5.75 Å². The van der Waals surface area contributed by atoms with Crippen molar-refractivity contribution in [3.05, 3.63) is 42.0 Å². The summed E-state index contributed by atoms with van der Waals surface area (Å²) in [5.74, 6) is 0.957. The lowest BCUT2D eigenvalue weighted by Crippen LogP contribution is -2.28. The Kier molecular flexibility index (Phi) is 4.03. The van der Waals surface area contributed by atoms with Gasteiger partial charge < -0.3 is 9.64 Å². The van der Waals surface area contributed by atoms with Crippen LogP contribution in [0.5, 0.6) is 5.75 Å². The molecule has 0 radical (unpaired) electrons. The van der Waals surface area contributed by atoms with Crippen molar-refractivity contribution in [2.75, 3.05) is 13.7 Å². The second kappa shape index (κ2) is 5.71. The average molecular weight is 245 g/mol. The molecule has 0 aromatic heterocycles. The van der Waals surface area contributed by atoms with Crippen LogP contribution in [-0.2, 0) is 4.79 Å². The van der Waals surface area contributed by atoms with E-state index < -0.39 is 0 Å². The Labute approximate surface area is 108 Å². The fourth-order valence-electron chi connectivity index (χ4n) is 2.44. The standard InChI is InChI=1S/C15H19NO2/c1-3-5-15(17)16-11-4-6-14(16)12-7-9-13(18-2)10-8-12/h3,5,7-10,14H,4,6,11H2,1-2H3. The van der Waals surface area contributed by atoms with Gasteiger partial charge >= 0.3 is 0 Å². The number of likely N-dealkylation sites (tertiary alicyclic amines) is 1. The third-order valence-electron chi connectivity index (χ3n) is 3.35. The van der Waals surface area contributed by atoms with Crippen LogP contribution in [0.3, 0.4) is 0 Å². The van der Waals surface area contributed by atoms with Gasteiger partial charge in [-0.15, -0.1) is 0 Å². The molecule has 3 nitrogen and oxygen atoms in total. The number of hydrogen-bond donors (Lipinski definition) is 0. The third-order valence-corrected chi connectivity index (χ3v) is 3.35. The van der Waals surface area contributed by atoms with Crippen LogP contribution >= 0.6 is 0 Å². The summed E-state index contributed by atoms with van der Waals surface area (Å²) in [6, 6.07) is 8.20. The number of nitrogens with zero attached hydrogens (tertiary/aromatic N) is 1. The van der Waals surface area contributed by atoms with E-state index in [1.807, 2.05) is 36.1 Å². The Bertz CT molecular complexity index is 436. The van der Waals surface area contributed by atoms with E-state index in [1.165, 1.54) is 5.56 Å². The second-order valence-corrected chi connectivity index (χ2v) is 4.46. The monoisotopic (exact) mass is 245 g/mol. The molecule has 2 rings (SSSR count). The van der Waals surface area contributed by atoms with Crippen molar-refractivity contribution in [3.63, 3.8) is 0 Å². The number of methoxy groups -OCH3 is 1. The Balaban J connectivity index is 2.17. The minimum Gasteiger partial charge on any atom is -0.497 e. The van der Waals surface area contributed by atoms with Gasteiger partial charge in [-0.25, -0.2) is 0 Å². The summed E-state index contributed by atoms with van der Waals surface area (Å²) in [7, 11) is 1.66. The second-order valence-electron chi connectivity index (χ2n) is 4.46. The van der Waals surface area contributed by atoms with E-state index in [4.69, 9.17) is 4.74 Å². The molecular weight excluding hydrogens is 226 g/mol. The highest BCUT2D eigenvalue weighted by molar-refractivity contribution is 5.88. The van der Waals surface area contributed by atoms with Gasteiger partial charge in [0.1, 0.15) is 5.75 Å². The van der Waals surface area contributed by atoms with E-state index in [1.54, 1.807) is 19.3 Å². The predicted molar refractivity (Wildman–Crippen MR) is 71.5 cm³/mol. The van der Waals surface area contributed by atoms with E-state index in [0.29, 0.717) is 0 Å². The van der Waals surface area contributed by atoms with Gasteiger partial charge in [0.25, 0.3) is 0 Å². The molecule has 0 spiro atoms. The van der Waals surface area contributed by atoms with Crippen LogP contribution in [0.4, 0.5) is 0 Å². The zero-order chi connectivity index (χ0) is 13.0. The Hall–Kier alpha value is -1.77. The summed E-state index contributed by atoms with van der Waals surface area (Å²) < 4.78 is 5.15. The first-order valence-electron chi connectivity index (χ1n) is 6.33. The van der Waals surface area contributed by atoms with E-state index in [0.717, 1.165) is 25.1 Å². The molecule has 1 aliphatic heterocycles. The van der Waals surface area contributed by atoms with E-state index >= 15 is 0 Å². The molecule has 18 heavy (non-hydrogen) atoms. The molecule has 0 aliphatic carbocycles. The van der Waals surface area contributed by atoms with Gasteiger partial charge in [0.05, 0.1) is 13.2 Å². The summed E-state index contributed by atoms with van der Waals surface area (Å²) in [4.78, 5) is 13.9. The number of carbonyl (C=O) groups is 1. The molecule has 1 unspecified atom stereocenters. The molecule has 1 atom stereocenters. The number of amides is 1. The number of ether oxygens (including phenoxy) is 1. The maximum absolute atomic E-state index is 12.0. The van der Waals surface area contributed by atoms with Crippen molar-refractivity contribution in [1.29, 1.82) is 0 Å². The van der Waals surface area contributed by atoms with Gasteiger partial charge in [0.15, 0.2) is 0 Å². The van der Waals surface area contributed by atoms with Crippen molar-refractivity contribution >= 4 is 5.91 Å². The average Bonchev–Trinajstić information content (AvgIpc) is 2.88. The van der Waals surface area contributed by atoms with Crippen LogP contribution in [0.25, 0.3) is 0 Å². The first-order chi connectivity index (χ1) is 8.76. The zero-order valence-electron chi connectivity index (χ0n) is 10.9. The van der Waals surface area contributed by atoms with Crippen LogP contribution in [0.1, 0.15) is 31.4 Å². The van der Waals surface area contributed by atoms with Gasteiger partial charge in [0, 0.05) is 6.54 Å². The third kappa shape index (κ3) is 2.55. The molecule has 1 aromatic rings. The van der Waals surface area contributed by atoms with Gasteiger partial charge in [-0.05, 0) is 43.5 Å². The SMILES string of the molecule is CC=CC(=O)N1CCCC1c1ccc(OC)cc1. The van der Waals surface area contributed by atoms with Crippen LogP contribution in [-0.4, -0.2) is 24.5 Å². The summed E-state index contributed by atoms with van der Waals surface area (Å²) in [5.41, 5.74) is 1.19. The highest BCUT2D eigenvalue weighted by Crippen LogP contribution is 2.32. The minimum atomic E-state index is 0.107. The molecule has 1 fully saturated rings. The molecule has 1 aliphatic rings. The Morgan fingerprint density at radius 2 is 2.11 bits per heavy atom. The van der Waals surface area contributed by atoms with Crippen molar-refractivity contribution in [2.45, 2.75) is 25.8 Å². The summed E-state index contributed by atoms with van der Waals surface area (Å²) in [6.45, 7) is 2.72. The van der Waals surface area contributed by atoms with Crippen molar-refractivity contribution < 1.29 is 9.53 Å². The first kappa shape index (κ1) is 12.7. The maximum atomic E-state index is 12.0. The van der Waals surface area contributed by atoms with Crippen LogP contribution in [0.2, 0.25) is 0 Å². The van der Waals surface area contributed by atoms with Crippen molar-refractivity contribution in [1.82, 2.24) is 4.90 Å². The quantitative estimate of drug-likeness (QED) is 0.766. The molecule has 0 saturated carbocycles. The highest BCUT2D eigenvalue weighted by atomic mass is 16.5. The summed E-state index contributed by atoms with van der Waals surface area (Å²) in [6.07, 6.45) is 5.54. The molecule has 3 heteroatoms. The van der Waals surface area contributed by atoms with Crippen LogP contribution < -0.4 is 4.74 Å². The van der Waals surface area contributed by atoms with E-state index in [-0.39, 0.29) is 11.9 Å². The van der Waals surface area contributed by atoms with Crippen LogP contribution in [0, 0.1) is 0 Å². The lowest BCUT2D eigenvalue weighted by molar-refractivity contribution is -0.126. The Morgan fingerprint density at radius 1 is 1.39 bits per heavy atom. The number of carbonyl (C=O) groups excluding carboxylic acids is 1. The number of rotatable bonds is 3. The molecule has 1 heterocycles. The molecule has 96 valence electrons. The highest BCUT2D eigenvalue weighted by Gasteiger charge is 2.28. The smallest absolute Gasteiger partial charge is 0.246 e. The molecule has 1 aromatic carbocycles. The molecular formula is C15H19NO2. The number of hydrogen-bond acceptors (Lipinski definition) is 2. The van der Waals surface area contributed by atoms with E-state index in [2.05, 4.69) is 0 Å². The summed E-state index contributed by atoms with van der Waals surface area (Å²) in [5, 5.41) is 0. The van der Waals surface area contributed by atoms with Gasteiger partial charge in [0.2, 0.25) is 5.91 Å². The molecule has 1 amide bonds. The Morgan fingerprint density at radius 3 is 2.72 bits per heavy atom. The molecule has 0 bridgehead atoms. The first-order valence-corrected chi connectivity index (χ1v) is 6.33. The summed E-state index contributed by atoms with van der Waals surface area (Å²) >= 11 is 0.